The van der Waals surface area contributed by atoms with Gasteiger partial charge in [0.25, 0.3) is 0 Å². The van der Waals surface area contributed by atoms with Gasteiger partial charge in [-0.2, -0.15) is 5.10 Å². The van der Waals surface area contributed by atoms with E-state index in [1.165, 1.54) is 4.68 Å². The zero-order valence-electron chi connectivity index (χ0n) is 15.5. The minimum atomic E-state index is -0.128. The van der Waals surface area contributed by atoms with Crippen molar-refractivity contribution in [2.45, 2.75) is 18.8 Å². The normalized spacial score (nSPS) is 17.3. The van der Waals surface area contributed by atoms with Crippen LogP contribution in [0.1, 0.15) is 24.6 Å². The molecule has 1 saturated heterocycles. The van der Waals surface area contributed by atoms with E-state index in [0.29, 0.717) is 5.65 Å². The van der Waals surface area contributed by atoms with E-state index in [1.54, 1.807) is 24.3 Å². The number of nitrogens with zero attached hydrogens (tertiary/aromatic N) is 7. The van der Waals surface area contributed by atoms with E-state index in [4.69, 9.17) is 0 Å². The number of aromatic amines is 1. The van der Waals surface area contributed by atoms with Crippen molar-refractivity contribution in [2.24, 2.45) is 7.05 Å². The molecule has 0 aliphatic carbocycles. The van der Waals surface area contributed by atoms with Crippen molar-refractivity contribution >= 4 is 17.0 Å². The van der Waals surface area contributed by atoms with Crippen molar-refractivity contribution in [3.8, 4) is 5.69 Å². The number of H-pyrrole nitrogens is 1. The van der Waals surface area contributed by atoms with Gasteiger partial charge in [0.1, 0.15) is 17.7 Å². The summed E-state index contributed by atoms with van der Waals surface area (Å²) in [5.74, 6) is 1.76. The van der Waals surface area contributed by atoms with Gasteiger partial charge in [-0.1, -0.05) is 18.2 Å². The predicted octanol–water partition coefficient (Wildman–Crippen LogP) is 1.62. The molecule has 1 aliphatic heterocycles. The average Bonchev–Trinajstić information content (AvgIpc) is 3.33. The largest absolute Gasteiger partial charge is 0.354 e. The Bertz CT molecular complexity index is 1180. The summed E-state index contributed by atoms with van der Waals surface area (Å²) in [6.07, 6.45) is 5.14. The number of hydrogen-bond acceptors (Lipinski definition) is 6. The highest BCUT2D eigenvalue weighted by Gasteiger charge is 2.29. The lowest BCUT2D eigenvalue weighted by Crippen LogP contribution is -2.36. The minimum absolute atomic E-state index is 0.121. The predicted molar refractivity (Wildman–Crippen MR) is 105 cm³/mol. The van der Waals surface area contributed by atoms with E-state index in [0.717, 1.165) is 48.8 Å². The number of imidazole rings is 1. The quantitative estimate of drug-likeness (QED) is 0.584. The smallest absolute Gasteiger partial charge is 0.350 e. The molecule has 4 aromatic rings. The number of aryl methyl sites for hydroxylation is 1. The zero-order chi connectivity index (χ0) is 19.1. The minimum Gasteiger partial charge on any atom is -0.354 e. The third-order valence-corrected chi connectivity index (χ3v) is 5.25. The summed E-state index contributed by atoms with van der Waals surface area (Å²) in [5.41, 5.74) is 2.21. The molecular formula is C19H20N8O. The summed E-state index contributed by atoms with van der Waals surface area (Å²) in [7, 11) is 1.70. The first-order valence-corrected chi connectivity index (χ1v) is 9.33. The summed E-state index contributed by atoms with van der Waals surface area (Å²) in [5, 5.41) is 4.58. The number of benzene rings is 1. The molecule has 1 fully saturated rings. The van der Waals surface area contributed by atoms with E-state index in [-0.39, 0.29) is 11.6 Å². The Morgan fingerprint density at radius 2 is 2.00 bits per heavy atom. The van der Waals surface area contributed by atoms with E-state index in [9.17, 15) is 4.79 Å². The van der Waals surface area contributed by atoms with Crippen LogP contribution in [0, 0.1) is 0 Å². The Balaban J connectivity index is 1.54. The fourth-order valence-corrected chi connectivity index (χ4v) is 3.94. The summed E-state index contributed by atoms with van der Waals surface area (Å²) in [6.45, 7) is 1.62. The van der Waals surface area contributed by atoms with Crippen molar-refractivity contribution in [3.63, 3.8) is 0 Å². The topological polar surface area (TPSA) is 97.5 Å². The van der Waals surface area contributed by atoms with Crippen LogP contribution in [-0.2, 0) is 7.05 Å². The van der Waals surface area contributed by atoms with Crippen LogP contribution < -0.4 is 10.6 Å². The molecule has 0 spiro atoms. The fraction of sp³-hybridized carbons (Fsp3) is 0.316. The molecule has 0 bridgehead atoms. The van der Waals surface area contributed by atoms with Gasteiger partial charge in [0, 0.05) is 26.1 Å². The first-order chi connectivity index (χ1) is 13.7. The SMILES string of the molecule is Cn1nc(C2CCCN(c3ncnc4nc[nH]c34)C2)n(-c2ccccc2)c1=O. The number of para-hydroxylation sites is 1. The first kappa shape index (κ1) is 16.7. The molecule has 1 N–H and O–H groups in total. The van der Waals surface area contributed by atoms with Crippen LogP contribution >= 0.6 is 0 Å². The first-order valence-electron chi connectivity index (χ1n) is 9.33. The Labute approximate surface area is 160 Å². The lowest BCUT2D eigenvalue weighted by molar-refractivity contribution is 0.481. The summed E-state index contributed by atoms with van der Waals surface area (Å²) in [4.78, 5) is 31.0. The van der Waals surface area contributed by atoms with Crippen LogP contribution in [-0.4, -0.2) is 47.4 Å². The summed E-state index contributed by atoms with van der Waals surface area (Å²) < 4.78 is 3.14. The Hall–Kier alpha value is -3.49. The molecule has 4 heterocycles. The lowest BCUT2D eigenvalue weighted by Gasteiger charge is -2.33. The van der Waals surface area contributed by atoms with Crippen LogP contribution in [0.2, 0.25) is 0 Å². The van der Waals surface area contributed by atoms with Crippen LogP contribution in [0.15, 0.2) is 47.8 Å². The van der Waals surface area contributed by atoms with Crippen molar-refractivity contribution in [1.82, 2.24) is 34.3 Å². The Morgan fingerprint density at radius 1 is 1.14 bits per heavy atom. The van der Waals surface area contributed by atoms with Gasteiger partial charge in [-0.3, -0.25) is 0 Å². The highest BCUT2D eigenvalue weighted by molar-refractivity contribution is 5.82. The molecule has 1 atom stereocenters. The van der Waals surface area contributed by atoms with E-state index in [2.05, 4.69) is 29.9 Å². The number of nitrogens with one attached hydrogen (secondary N) is 1. The molecule has 142 valence electrons. The van der Waals surface area contributed by atoms with Gasteiger partial charge >= 0.3 is 5.69 Å². The van der Waals surface area contributed by atoms with Crippen LogP contribution in [0.4, 0.5) is 5.82 Å². The molecule has 0 amide bonds. The van der Waals surface area contributed by atoms with E-state index >= 15 is 0 Å². The van der Waals surface area contributed by atoms with Crippen molar-refractivity contribution < 1.29 is 0 Å². The van der Waals surface area contributed by atoms with Crippen molar-refractivity contribution in [1.29, 1.82) is 0 Å². The summed E-state index contributed by atoms with van der Waals surface area (Å²) >= 11 is 0. The molecule has 1 aromatic carbocycles. The molecule has 5 rings (SSSR count). The number of hydrogen-bond donors (Lipinski definition) is 1. The van der Waals surface area contributed by atoms with Crippen LogP contribution in [0.5, 0.6) is 0 Å². The molecule has 1 aliphatic rings. The number of rotatable bonds is 3. The monoisotopic (exact) mass is 376 g/mol. The molecular weight excluding hydrogens is 356 g/mol. The molecule has 1 unspecified atom stereocenters. The van der Waals surface area contributed by atoms with Crippen LogP contribution in [0.25, 0.3) is 16.9 Å². The molecule has 0 saturated carbocycles. The standard InChI is InChI=1S/C19H20N8O/c1-25-19(28)27(14-7-3-2-4-8-14)17(24-25)13-6-5-9-26(10-13)18-15-16(21-11-20-15)22-12-23-18/h2-4,7-8,11-13H,5-6,9-10H2,1H3,(H,20,21,22,23). The molecule has 3 aromatic heterocycles. The number of anilines is 1. The number of piperidine rings is 1. The van der Waals surface area contributed by atoms with E-state index < -0.39 is 0 Å². The zero-order valence-corrected chi connectivity index (χ0v) is 15.5. The fourth-order valence-electron chi connectivity index (χ4n) is 3.94. The second-order valence-electron chi connectivity index (χ2n) is 7.02. The second-order valence-corrected chi connectivity index (χ2v) is 7.02. The molecule has 9 nitrogen and oxygen atoms in total. The molecule has 0 radical (unpaired) electrons. The maximum atomic E-state index is 12.7. The summed E-state index contributed by atoms with van der Waals surface area (Å²) in [6, 6.07) is 9.68. The Kier molecular flexibility index (Phi) is 3.92. The van der Waals surface area contributed by atoms with Crippen molar-refractivity contribution in [2.75, 3.05) is 18.0 Å². The third-order valence-electron chi connectivity index (χ3n) is 5.25. The number of aromatic nitrogens is 7. The maximum absolute atomic E-state index is 12.7. The third kappa shape index (κ3) is 2.67. The lowest BCUT2D eigenvalue weighted by atomic mass is 9.97. The van der Waals surface area contributed by atoms with Gasteiger partial charge in [-0.15, -0.1) is 0 Å². The molecule has 9 heteroatoms. The maximum Gasteiger partial charge on any atom is 0.350 e. The van der Waals surface area contributed by atoms with Gasteiger partial charge < -0.3 is 9.88 Å². The van der Waals surface area contributed by atoms with Crippen LogP contribution in [0.3, 0.4) is 0 Å². The average molecular weight is 376 g/mol. The molecule has 28 heavy (non-hydrogen) atoms. The van der Waals surface area contributed by atoms with Gasteiger partial charge in [0.05, 0.1) is 12.0 Å². The van der Waals surface area contributed by atoms with E-state index in [1.807, 2.05) is 30.3 Å². The van der Waals surface area contributed by atoms with Gasteiger partial charge in [-0.05, 0) is 25.0 Å². The highest BCUT2D eigenvalue weighted by Crippen LogP contribution is 2.30. The van der Waals surface area contributed by atoms with Gasteiger partial charge in [0.2, 0.25) is 0 Å². The van der Waals surface area contributed by atoms with Crippen molar-refractivity contribution in [3.05, 3.63) is 59.3 Å². The highest BCUT2D eigenvalue weighted by atomic mass is 16.2. The van der Waals surface area contributed by atoms with Gasteiger partial charge in [-0.25, -0.2) is 29.0 Å². The second kappa shape index (κ2) is 6.59. The Morgan fingerprint density at radius 3 is 2.86 bits per heavy atom. The van der Waals surface area contributed by atoms with Gasteiger partial charge in [0.15, 0.2) is 11.5 Å². The number of fused-ring (bicyclic) bond motifs is 1.